The van der Waals surface area contributed by atoms with Gasteiger partial charge in [-0.05, 0) is 24.6 Å². The number of aromatic amines is 1. The van der Waals surface area contributed by atoms with Gasteiger partial charge in [-0.1, -0.05) is 12.1 Å². The van der Waals surface area contributed by atoms with Crippen LogP contribution in [0.2, 0.25) is 0 Å². The summed E-state index contributed by atoms with van der Waals surface area (Å²) < 4.78 is 18.6. The van der Waals surface area contributed by atoms with Crippen LogP contribution < -0.4 is 0 Å². The molecule has 0 amide bonds. The number of morpholine rings is 1. The molecule has 1 aromatic heterocycles. The maximum atomic E-state index is 12.9. The summed E-state index contributed by atoms with van der Waals surface area (Å²) in [6.07, 6.45) is -0.854. The molecule has 118 valence electrons. The molecule has 1 fully saturated rings. The van der Waals surface area contributed by atoms with Crippen molar-refractivity contribution in [3.05, 3.63) is 47.3 Å². The van der Waals surface area contributed by atoms with Crippen molar-refractivity contribution >= 4 is 0 Å². The monoisotopic (exact) mass is 306 g/mol. The summed E-state index contributed by atoms with van der Waals surface area (Å²) in [5.74, 6) is 1.09. The summed E-state index contributed by atoms with van der Waals surface area (Å²) in [5.41, 5.74) is 0.707. The molecule has 2 atom stereocenters. The molecule has 0 aliphatic carbocycles. The van der Waals surface area contributed by atoms with Gasteiger partial charge in [-0.2, -0.15) is 5.10 Å². The van der Waals surface area contributed by atoms with Crippen LogP contribution in [0, 0.1) is 12.7 Å². The second-order valence-electron chi connectivity index (χ2n) is 5.47. The predicted molar refractivity (Wildman–Crippen MR) is 77.6 cm³/mol. The van der Waals surface area contributed by atoms with E-state index in [4.69, 9.17) is 4.74 Å². The molecule has 0 spiro atoms. The lowest BCUT2D eigenvalue weighted by atomic mass is 10.1. The van der Waals surface area contributed by atoms with E-state index in [1.54, 1.807) is 12.1 Å². The number of hydrogen-bond donors (Lipinski definition) is 2. The molecule has 0 saturated carbocycles. The van der Waals surface area contributed by atoms with E-state index in [0.29, 0.717) is 31.1 Å². The highest BCUT2D eigenvalue weighted by molar-refractivity contribution is 5.18. The number of hydrogen-bond acceptors (Lipinski definition) is 5. The molecule has 2 unspecified atom stereocenters. The number of benzene rings is 1. The summed E-state index contributed by atoms with van der Waals surface area (Å²) in [4.78, 5) is 6.40. The third kappa shape index (κ3) is 3.49. The summed E-state index contributed by atoms with van der Waals surface area (Å²) in [6, 6.07) is 5.93. The highest BCUT2D eigenvalue weighted by Gasteiger charge is 2.26. The zero-order valence-corrected chi connectivity index (χ0v) is 12.4. The van der Waals surface area contributed by atoms with Gasteiger partial charge in [-0.3, -0.25) is 10.00 Å². The molecule has 7 heteroatoms. The molecular formula is C15H19FN4O2. The maximum Gasteiger partial charge on any atom is 0.180 e. The van der Waals surface area contributed by atoms with Crippen LogP contribution >= 0.6 is 0 Å². The van der Waals surface area contributed by atoms with E-state index in [1.165, 1.54) is 12.1 Å². The minimum Gasteiger partial charge on any atom is -0.387 e. The summed E-state index contributed by atoms with van der Waals surface area (Å²) in [5, 5.41) is 17.2. The Kier molecular flexibility index (Phi) is 4.47. The Morgan fingerprint density at radius 1 is 1.45 bits per heavy atom. The Balaban J connectivity index is 1.61. The van der Waals surface area contributed by atoms with Gasteiger partial charge < -0.3 is 9.84 Å². The van der Waals surface area contributed by atoms with Gasteiger partial charge in [0.15, 0.2) is 5.82 Å². The molecule has 1 aromatic carbocycles. The summed E-state index contributed by atoms with van der Waals surface area (Å²) in [6.45, 7) is 4.23. The second-order valence-corrected chi connectivity index (χ2v) is 5.47. The van der Waals surface area contributed by atoms with Gasteiger partial charge in [-0.15, -0.1) is 0 Å². The first-order chi connectivity index (χ1) is 10.6. The Morgan fingerprint density at radius 3 is 2.91 bits per heavy atom. The van der Waals surface area contributed by atoms with Crippen molar-refractivity contribution in [2.45, 2.75) is 19.1 Å². The number of β-amino-alcohol motifs (C(OH)–C–C–N with tert-alkyl or cyclic N) is 1. The summed E-state index contributed by atoms with van der Waals surface area (Å²) >= 11 is 0. The molecule has 1 aliphatic rings. The molecule has 3 rings (SSSR count). The Labute approximate surface area is 127 Å². The van der Waals surface area contributed by atoms with Crippen LogP contribution in [0.15, 0.2) is 24.3 Å². The van der Waals surface area contributed by atoms with E-state index in [-0.39, 0.29) is 11.9 Å². The van der Waals surface area contributed by atoms with Crippen LogP contribution in [0.3, 0.4) is 0 Å². The number of nitrogens with zero attached hydrogens (tertiary/aromatic N) is 3. The fraction of sp³-hybridized carbons (Fsp3) is 0.467. The van der Waals surface area contributed by atoms with Gasteiger partial charge in [0.1, 0.15) is 17.7 Å². The van der Waals surface area contributed by atoms with Crippen LogP contribution in [0.25, 0.3) is 0 Å². The first-order valence-corrected chi connectivity index (χ1v) is 7.28. The first-order valence-electron chi connectivity index (χ1n) is 7.28. The van der Waals surface area contributed by atoms with Crippen LogP contribution in [-0.4, -0.2) is 51.4 Å². The second kappa shape index (κ2) is 6.51. The molecule has 2 N–H and O–H groups in total. The number of halogens is 1. The number of H-pyrrole nitrogens is 1. The third-order valence-electron chi connectivity index (χ3n) is 3.74. The lowest BCUT2D eigenvalue weighted by Crippen LogP contribution is -2.40. The van der Waals surface area contributed by atoms with Gasteiger partial charge in [0, 0.05) is 19.6 Å². The lowest BCUT2D eigenvalue weighted by molar-refractivity contribution is -0.0461. The van der Waals surface area contributed by atoms with Gasteiger partial charge in [0.05, 0.1) is 12.7 Å². The molecule has 1 aliphatic heterocycles. The average Bonchev–Trinajstić information content (AvgIpc) is 2.95. The van der Waals surface area contributed by atoms with E-state index in [1.807, 2.05) is 6.92 Å². The zero-order chi connectivity index (χ0) is 15.5. The number of aliphatic hydroxyl groups is 1. The molecule has 1 saturated heterocycles. The van der Waals surface area contributed by atoms with Gasteiger partial charge in [0.2, 0.25) is 0 Å². The van der Waals surface area contributed by atoms with Crippen molar-refractivity contribution in [3.63, 3.8) is 0 Å². The smallest absolute Gasteiger partial charge is 0.180 e. The van der Waals surface area contributed by atoms with E-state index < -0.39 is 6.10 Å². The standard InChI is InChI=1S/C15H19FN4O2/c1-10-17-15(19-18-10)14-9-20(6-7-22-14)8-13(21)11-2-4-12(16)5-3-11/h2-5,13-14,21H,6-9H2,1H3,(H,17,18,19). The lowest BCUT2D eigenvalue weighted by Gasteiger charge is -2.32. The molecule has 6 nitrogen and oxygen atoms in total. The van der Waals surface area contributed by atoms with Crippen molar-refractivity contribution in [2.75, 3.05) is 26.2 Å². The Bertz CT molecular complexity index is 616. The van der Waals surface area contributed by atoms with Crippen LogP contribution in [0.1, 0.15) is 29.4 Å². The number of aliphatic hydroxyl groups excluding tert-OH is 1. The molecule has 22 heavy (non-hydrogen) atoms. The van der Waals surface area contributed by atoms with E-state index >= 15 is 0 Å². The van der Waals surface area contributed by atoms with Gasteiger partial charge in [0.25, 0.3) is 0 Å². The summed E-state index contributed by atoms with van der Waals surface area (Å²) in [7, 11) is 0. The van der Waals surface area contributed by atoms with E-state index in [9.17, 15) is 9.50 Å². The van der Waals surface area contributed by atoms with Crippen molar-refractivity contribution in [1.29, 1.82) is 0 Å². The van der Waals surface area contributed by atoms with Crippen molar-refractivity contribution in [3.8, 4) is 0 Å². The maximum absolute atomic E-state index is 12.9. The number of ether oxygens (including phenoxy) is 1. The average molecular weight is 306 g/mol. The quantitative estimate of drug-likeness (QED) is 0.892. The van der Waals surface area contributed by atoms with Gasteiger partial charge in [-0.25, -0.2) is 9.37 Å². The first kappa shape index (κ1) is 15.1. The van der Waals surface area contributed by atoms with Crippen LogP contribution in [0.4, 0.5) is 4.39 Å². The van der Waals surface area contributed by atoms with Gasteiger partial charge >= 0.3 is 0 Å². The topological polar surface area (TPSA) is 74.3 Å². The van der Waals surface area contributed by atoms with Crippen LogP contribution in [0.5, 0.6) is 0 Å². The molecule has 0 bridgehead atoms. The number of aromatic nitrogens is 3. The largest absolute Gasteiger partial charge is 0.387 e. The normalized spacial score (nSPS) is 21.0. The molecule has 2 heterocycles. The Hall–Kier alpha value is -1.83. The Morgan fingerprint density at radius 2 is 2.23 bits per heavy atom. The minimum atomic E-state index is -0.659. The van der Waals surface area contributed by atoms with E-state index in [2.05, 4.69) is 20.1 Å². The molecule has 0 radical (unpaired) electrons. The highest BCUT2D eigenvalue weighted by Crippen LogP contribution is 2.22. The predicted octanol–water partition coefficient (Wildman–Crippen LogP) is 1.36. The molecule has 2 aromatic rings. The van der Waals surface area contributed by atoms with Crippen LogP contribution in [-0.2, 0) is 4.74 Å². The zero-order valence-electron chi connectivity index (χ0n) is 12.4. The minimum absolute atomic E-state index is 0.195. The fourth-order valence-corrected chi connectivity index (χ4v) is 2.56. The number of aryl methyl sites for hydroxylation is 1. The van der Waals surface area contributed by atoms with Crippen molar-refractivity contribution in [1.82, 2.24) is 20.1 Å². The highest BCUT2D eigenvalue weighted by atomic mass is 19.1. The SMILES string of the molecule is Cc1nc(C2CN(CC(O)c3ccc(F)cc3)CCO2)n[nH]1. The number of rotatable bonds is 4. The van der Waals surface area contributed by atoms with Crippen molar-refractivity contribution < 1.29 is 14.2 Å². The number of nitrogens with one attached hydrogen (secondary N) is 1. The fourth-order valence-electron chi connectivity index (χ4n) is 2.56. The third-order valence-corrected chi connectivity index (χ3v) is 3.74. The van der Waals surface area contributed by atoms with E-state index in [0.717, 1.165) is 12.4 Å². The van der Waals surface area contributed by atoms with Crippen molar-refractivity contribution in [2.24, 2.45) is 0 Å². The molecular weight excluding hydrogens is 287 g/mol.